The molecule has 7 heteroatoms. The van der Waals surface area contributed by atoms with E-state index in [0.29, 0.717) is 24.6 Å². The quantitative estimate of drug-likeness (QED) is 0.498. The smallest absolute Gasteiger partial charge is 0.232 e. The first kappa shape index (κ1) is 15.9. The minimum absolute atomic E-state index is 0.528. The van der Waals surface area contributed by atoms with Gasteiger partial charge in [0.05, 0.1) is 29.7 Å². The highest BCUT2D eigenvalue weighted by Gasteiger charge is 2.13. The van der Waals surface area contributed by atoms with Crippen LogP contribution in [0, 0.1) is 0 Å². The lowest BCUT2D eigenvalue weighted by Crippen LogP contribution is -1.93. The monoisotopic (exact) mass is 373 g/mol. The van der Waals surface area contributed by atoms with E-state index < -0.39 is 0 Å². The molecule has 0 unspecified atom stereocenters. The summed E-state index contributed by atoms with van der Waals surface area (Å²) in [5, 5.41) is 15.6. The number of para-hydroxylation sites is 1. The number of hydrogen-bond donors (Lipinski definition) is 1. The molecule has 132 valence electrons. The van der Waals surface area contributed by atoms with E-state index in [1.165, 1.54) is 0 Å². The van der Waals surface area contributed by atoms with Gasteiger partial charge in [-0.3, -0.25) is 5.10 Å². The van der Waals surface area contributed by atoms with E-state index in [-0.39, 0.29) is 0 Å². The van der Waals surface area contributed by atoms with Crippen molar-refractivity contribution in [2.45, 2.75) is 12.8 Å². The van der Waals surface area contributed by atoms with Gasteiger partial charge < -0.3 is 4.52 Å². The average Bonchev–Trinajstić information content (AvgIpc) is 3.44. The molecule has 0 aliphatic carbocycles. The van der Waals surface area contributed by atoms with Crippen molar-refractivity contribution in [3.63, 3.8) is 0 Å². The summed E-state index contributed by atoms with van der Waals surface area (Å²) in [4.78, 5) is 9.19. The Hall–Kier alpha value is -3.32. The number of aromatic amines is 1. The van der Waals surface area contributed by atoms with Crippen molar-refractivity contribution >= 4 is 22.2 Å². The third kappa shape index (κ3) is 3.24. The molecule has 27 heavy (non-hydrogen) atoms. The Kier molecular flexibility index (Phi) is 3.99. The predicted octanol–water partition coefficient (Wildman–Crippen LogP) is 4.25. The largest absolute Gasteiger partial charge is 0.339 e. The van der Waals surface area contributed by atoms with Gasteiger partial charge in [0.1, 0.15) is 5.01 Å². The number of thiazole rings is 1. The Labute approximate surface area is 158 Å². The highest BCUT2D eigenvalue weighted by molar-refractivity contribution is 7.13. The Balaban J connectivity index is 1.32. The van der Waals surface area contributed by atoms with E-state index in [2.05, 4.69) is 37.5 Å². The molecular formula is C20H15N5OS. The summed E-state index contributed by atoms with van der Waals surface area (Å²) >= 11 is 1.62. The molecule has 6 nitrogen and oxygen atoms in total. The zero-order valence-electron chi connectivity index (χ0n) is 14.3. The third-order valence-corrected chi connectivity index (χ3v) is 5.23. The van der Waals surface area contributed by atoms with Crippen molar-refractivity contribution in [1.29, 1.82) is 0 Å². The van der Waals surface area contributed by atoms with Gasteiger partial charge in [-0.1, -0.05) is 53.7 Å². The van der Waals surface area contributed by atoms with E-state index in [1.54, 1.807) is 11.3 Å². The summed E-state index contributed by atoms with van der Waals surface area (Å²) in [6, 6.07) is 18.1. The first-order chi connectivity index (χ1) is 13.3. The SMILES string of the molecule is c1ccc(-c2nc(Cc3noc(Cc4[nH]nc5ccccc45)n3)cs2)cc1. The van der Waals surface area contributed by atoms with Gasteiger partial charge in [0.25, 0.3) is 0 Å². The number of benzene rings is 2. The molecule has 0 spiro atoms. The summed E-state index contributed by atoms with van der Waals surface area (Å²) < 4.78 is 5.42. The average molecular weight is 373 g/mol. The number of nitrogens with zero attached hydrogens (tertiary/aromatic N) is 4. The van der Waals surface area contributed by atoms with E-state index in [4.69, 9.17) is 4.52 Å². The fourth-order valence-corrected chi connectivity index (χ4v) is 3.82. The summed E-state index contributed by atoms with van der Waals surface area (Å²) in [6.45, 7) is 0. The lowest BCUT2D eigenvalue weighted by molar-refractivity contribution is 0.379. The number of hydrogen-bond acceptors (Lipinski definition) is 6. The molecular weight excluding hydrogens is 358 g/mol. The van der Waals surface area contributed by atoms with Crippen molar-refractivity contribution in [3.05, 3.63) is 83.1 Å². The Morgan fingerprint density at radius 1 is 0.926 bits per heavy atom. The Morgan fingerprint density at radius 2 is 1.78 bits per heavy atom. The van der Waals surface area contributed by atoms with Crippen LogP contribution in [0.5, 0.6) is 0 Å². The molecule has 3 heterocycles. The maximum atomic E-state index is 5.42. The standard InChI is InChI=1S/C20H15N5OS/c1-2-6-13(7-3-1)20-21-14(12-27-20)10-18-22-19(26-25-18)11-17-15-8-4-5-9-16(15)23-24-17/h1-9,12H,10-11H2,(H,23,24). The molecule has 3 aromatic heterocycles. The third-order valence-electron chi connectivity index (χ3n) is 4.29. The number of nitrogens with one attached hydrogen (secondary N) is 1. The lowest BCUT2D eigenvalue weighted by atomic mass is 10.2. The Bertz CT molecular complexity index is 1190. The second kappa shape index (κ2) is 6.77. The van der Waals surface area contributed by atoms with Gasteiger partial charge in [-0.05, 0) is 6.07 Å². The van der Waals surface area contributed by atoms with Crippen LogP contribution in [0.4, 0.5) is 0 Å². The van der Waals surface area contributed by atoms with Crippen molar-refractivity contribution in [2.75, 3.05) is 0 Å². The molecule has 0 saturated carbocycles. The van der Waals surface area contributed by atoms with Gasteiger partial charge in [0, 0.05) is 16.3 Å². The van der Waals surface area contributed by atoms with Gasteiger partial charge in [0.15, 0.2) is 5.82 Å². The zero-order valence-corrected chi connectivity index (χ0v) is 15.1. The van der Waals surface area contributed by atoms with Crippen LogP contribution in [0.1, 0.15) is 23.1 Å². The van der Waals surface area contributed by atoms with E-state index in [1.807, 2.05) is 47.8 Å². The van der Waals surface area contributed by atoms with Crippen LogP contribution in [0.15, 0.2) is 64.5 Å². The van der Waals surface area contributed by atoms with Crippen molar-refractivity contribution < 1.29 is 4.52 Å². The Morgan fingerprint density at radius 3 is 2.70 bits per heavy atom. The van der Waals surface area contributed by atoms with Crippen molar-refractivity contribution in [1.82, 2.24) is 25.3 Å². The minimum Gasteiger partial charge on any atom is -0.339 e. The summed E-state index contributed by atoms with van der Waals surface area (Å²) in [5.41, 5.74) is 3.97. The summed E-state index contributed by atoms with van der Waals surface area (Å²) in [7, 11) is 0. The normalized spacial score (nSPS) is 11.3. The van der Waals surface area contributed by atoms with Crippen LogP contribution < -0.4 is 0 Å². The lowest BCUT2D eigenvalue weighted by Gasteiger charge is -1.94. The maximum absolute atomic E-state index is 5.42. The van der Waals surface area contributed by atoms with Crippen molar-refractivity contribution in [3.8, 4) is 10.6 Å². The van der Waals surface area contributed by atoms with Gasteiger partial charge in [-0.15, -0.1) is 11.3 Å². The molecule has 0 bridgehead atoms. The van der Waals surface area contributed by atoms with Gasteiger partial charge in [-0.25, -0.2) is 4.98 Å². The predicted molar refractivity (Wildman–Crippen MR) is 104 cm³/mol. The highest BCUT2D eigenvalue weighted by Crippen LogP contribution is 2.24. The van der Waals surface area contributed by atoms with E-state index in [9.17, 15) is 0 Å². The number of rotatable bonds is 5. The maximum Gasteiger partial charge on any atom is 0.232 e. The number of aromatic nitrogens is 5. The fourth-order valence-electron chi connectivity index (χ4n) is 3.00. The van der Waals surface area contributed by atoms with Crippen LogP contribution >= 0.6 is 11.3 Å². The van der Waals surface area contributed by atoms with Crippen LogP contribution in [0.2, 0.25) is 0 Å². The summed E-state index contributed by atoms with van der Waals surface area (Å²) in [6.07, 6.45) is 1.08. The minimum atomic E-state index is 0.528. The second-order valence-electron chi connectivity index (χ2n) is 6.19. The van der Waals surface area contributed by atoms with Crippen LogP contribution in [-0.2, 0) is 12.8 Å². The molecule has 2 aromatic carbocycles. The molecule has 0 saturated heterocycles. The first-order valence-electron chi connectivity index (χ1n) is 8.58. The molecule has 5 rings (SSSR count). The number of H-pyrrole nitrogens is 1. The molecule has 0 amide bonds. The molecule has 0 aliphatic rings. The molecule has 1 N–H and O–H groups in total. The highest BCUT2D eigenvalue weighted by atomic mass is 32.1. The zero-order chi connectivity index (χ0) is 18.1. The molecule has 0 fully saturated rings. The van der Waals surface area contributed by atoms with Gasteiger partial charge in [0.2, 0.25) is 5.89 Å². The molecule has 0 radical (unpaired) electrons. The van der Waals surface area contributed by atoms with Gasteiger partial charge in [-0.2, -0.15) is 10.1 Å². The number of fused-ring (bicyclic) bond motifs is 1. The van der Waals surface area contributed by atoms with Crippen LogP contribution in [0.25, 0.3) is 21.5 Å². The van der Waals surface area contributed by atoms with Crippen molar-refractivity contribution in [2.24, 2.45) is 0 Å². The molecule has 0 atom stereocenters. The van der Waals surface area contributed by atoms with E-state index >= 15 is 0 Å². The van der Waals surface area contributed by atoms with Gasteiger partial charge >= 0.3 is 0 Å². The molecule has 5 aromatic rings. The van der Waals surface area contributed by atoms with Crippen LogP contribution in [0.3, 0.4) is 0 Å². The second-order valence-corrected chi connectivity index (χ2v) is 7.05. The topological polar surface area (TPSA) is 80.5 Å². The fraction of sp³-hybridized carbons (Fsp3) is 0.100. The molecule has 0 aliphatic heterocycles. The van der Waals surface area contributed by atoms with Crippen LogP contribution in [-0.4, -0.2) is 25.3 Å². The van der Waals surface area contributed by atoms with E-state index in [0.717, 1.165) is 32.9 Å². The first-order valence-corrected chi connectivity index (χ1v) is 9.46. The summed E-state index contributed by atoms with van der Waals surface area (Å²) in [5.74, 6) is 1.21.